The molecule has 1 aliphatic rings. The highest BCUT2D eigenvalue weighted by Gasteiger charge is 2.39. The van der Waals surface area contributed by atoms with Crippen LogP contribution in [-0.4, -0.2) is 13.2 Å². The van der Waals surface area contributed by atoms with Crippen molar-refractivity contribution in [1.29, 1.82) is 0 Å². The van der Waals surface area contributed by atoms with Crippen molar-refractivity contribution in [2.75, 3.05) is 7.11 Å². The second kappa shape index (κ2) is 5.53. The fourth-order valence-corrected chi connectivity index (χ4v) is 1.99. The summed E-state index contributed by atoms with van der Waals surface area (Å²) in [4.78, 5) is 0. The van der Waals surface area contributed by atoms with Gasteiger partial charge in [-0.25, -0.2) is 4.39 Å². The highest BCUT2D eigenvalue weighted by molar-refractivity contribution is 5.17. The van der Waals surface area contributed by atoms with Crippen molar-refractivity contribution in [2.45, 2.75) is 38.2 Å². The molecule has 1 aliphatic carbocycles. The topological polar surface area (TPSA) is 9.23 Å². The van der Waals surface area contributed by atoms with Crippen molar-refractivity contribution in [3.63, 3.8) is 0 Å². The predicted octanol–water partition coefficient (Wildman–Crippen LogP) is 4.22. The van der Waals surface area contributed by atoms with E-state index in [4.69, 9.17) is 0 Å². The van der Waals surface area contributed by atoms with Crippen LogP contribution in [0.5, 0.6) is 0 Å². The van der Waals surface area contributed by atoms with Gasteiger partial charge >= 0.3 is 6.11 Å². The molecule has 0 aliphatic heterocycles. The number of rotatable bonds is 5. The van der Waals surface area contributed by atoms with E-state index in [0.717, 1.165) is 20.0 Å². The van der Waals surface area contributed by atoms with Gasteiger partial charge in [0.05, 0.1) is 5.57 Å². The molecule has 0 saturated heterocycles. The summed E-state index contributed by atoms with van der Waals surface area (Å²) in [6.07, 6.45) is 0.692. The molecule has 0 fully saturated rings. The fraction of sp³-hybridized carbons (Fsp3) is 0.667. The number of allylic oxidation sites excluding steroid dienone is 2. The Balaban J connectivity index is 2.66. The smallest absolute Gasteiger partial charge is 0.320 e. The minimum atomic E-state index is -3.45. The Morgan fingerprint density at radius 3 is 2.75 bits per heavy atom. The molecule has 0 aromatic heterocycles. The van der Waals surface area contributed by atoms with E-state index in [0.29, 0.717) is 6.42 Å². The molecule has 4 heteroatoms. The molecule has 1 nitrogen and oxygen atoms in total. The Morgan fingerprint density at radius 1 is 1.56 bits per heavy atom. The monoisotopic (exact) mass is 234 g/mol. The van der Waals surface area contributed by atoms with Gasteiger partial charge in [-0.2, -0.15) is 8.78 Å². The molecule has 0 saturated carbocycles. The zero-order valence-electron chi connectivity index (χ0n) is 9.44. The van der Waals surface area contributed by atoms with Crippen molar-refractivity contribution in [3.8, 4) is 0 Å². The molecule has 0 aromatic carbocycles. The number of hydrogen-bond acceptors (Lipinski definition) is 1. The van der Waals surface area contributed by atoms with Crippen LogP contribution in [-0.2, 0) is 4.74 Å². The third-order valence-electron chi connectivity index (χ3n) is 2.98. The second-order valence-corrected chi connectivity index (χ2v) is 4.08. The van der Waals surface area contributed by atoms with Crippen molar-refractivity contribution >= 4 is 0 Å². The SMILES string of the molecule is C=CCCC1CCC(C(F)(F)OC)=C(F)C1. The molecular weight excluding hydrogens is 217 g/mol. The summed E-state index contributed by atoms with van der Waals surface area (Å²) in [5, 5.41) is 0. The first-order valence-electron chi connectivity index (χ1n) is 5.43. The summed E-state index contributed by atoms with van der Waals surface area (Å²) in [7, 11) is 0.893. The van der Waals surface area contributed by atoms with Gasteiger partial charge in [-0.05, 0) is 31.6 Å². The molecule has 1 rings (SSSR count). The van der Waals surface area contributed by atoms with Gasteiger partial charge in [0, 0.05) is 13.5 Å². The van der Waals surface area contributed by atoms with Crippen molar-refractivity contribution in [1.82, 2.24) is 0 Å². The largest absolute Gasteiger partial charge is 0.381 e. The molecule has 0 heterocycles. The lowest BCUT2D eigenvalue weighted by molar-refractivity contribution is -0.194. The Bertz CT molecular complexity index is 284. The fourth-order valence-electron chi connectivity index (χ4n) is 1.99. The van der Waals surface area contributed by atoms with E-state index in [-0.39, 0.29) is 18.8 Å². The minimum Gasteiger partial charge on any atom is -0.320 e. The Morgan fingerprint density at radius 2 is 2.25 bits per heavy atom. The van der Waals surface area contributed by atoms with E-state index in [2.05, 4.69) is 11.3 Å². The van der Waals surface area contributed by atoms with Crippen molar-refractivity contribution in [2.24, 2.45) is 5.92 Å². The van der Waals surface area contributed by atoms with Crippen molar-refractivity contribution in [3.05, 3.63) is 24.1 Å². The predicted molar refractivity (Wildman–Crippen MR) is 56.9 cm³/mol. The van der Waals surface area contributed by atoms with Crippen LogP contribution in [0, 0.1) is 5.92 Å². The van der Waals surface area contributed by atoms with E-state index < -0.39 is 17.5 Å². The van der Waals surface area contributed by atoms with E-state index in [1.165, 1.54) is 0 Å². The normalized spacial score (nSPS) is 22.4. The number of methoxy groups -OCH3 is 1. The molecule has 0 bridgehead atoms. The summed E-state index contributed by atoms with van der Waals surface area (Å²) >= 11 is 0. The maximum atomic E-state index is 13.5. The average molecular weight is 234 g/mol. The molecule has 0 radical (unpaired) electrons. The molecule has 0 aromatic rings. The lowest BCUT2D eigenvalue weighted by atomic mass is 9.85. The summed E-state index contributed by atoms with van der Waals surface area (Å²) in [6.45, 7) is 3.59. The molecule has 0 N–H and O–H groups in total. The average Bonchev–Trinajstić information content (AvgIpc) is 2.26. The second-order valence-electron chi connectivity index (χ2n) is 4.08. The first-order valence-corrected chi connectivity index (χ1v) is 5.43. The van der Waals surface area contributed by atoms with E-state index >= 15 is 0 Å². The van der Waals surface area contributed by atoms with E-state index in [1.807, 2.05) is 0 Å². The molecular formula is C12H17F3O. The van der Waals surface area contributed by atoms with Crippen LogP contribution in [0.25, 0.3) is 0 Å². The van der Waals surface area contributed by atoms with Crippen LogP contribution < -0.4 is 0 Å². The first kappa shape index (κ1) is 13.3. The highest BCUT2D eigenvalue weighted by atomic mass is 19.3. The van der Waals surface area contributed by atoms with Gasteiger partial charge in [0.2, 0.25) is 0 Å². The first-order chi connectivity index (χ1) is 7.51. The lowest BCUT2D eigenvalue weighted by Gasteiger charge is -2.26. The Labute approximate surface area is 94.0 Å². The molecule has 0 spiro atoms. The molecule has 0 amide bonds. The van der Waals surface area contributed by atoms with Gasteiger partial charge < -0.3 is 4.74 Å². The molecule has 92 valence electrons. The Kier molecular flexibility index (Phi) is 4.59. The van der Waals surface area contributed by atoms with Crippen LogP contribution in [0.15, 0.2) is 24.1 Å². The third-order valence-corrected chi connectivity index (χ3v) is 2.98. The number of halogens is 3. The zero-order valence-corrected chi connectivity index (χ0v) is 9.44. The quantitative estimate of drug-likeness (QED) is 0.647. The lowest BCUT2D eigenvalue weighted by Crippen LogP contribution is -2.26. The van der Waals surface area contributed by atoms with Crippen LogP contribution >= 0.6 is 0 Å². The van der Waals surface area contributed by atoms with Gasteiger partial charge in [0.25, 0.3) is 0 Å². The van der Waals surface area contributed by atoms with Gasteiger partial charge in [0.1, 0.15) is 5.83 Å². The van der Waals surface area contributed by atoms with Gasteiger partial charge in [0.15, 0.2) is 0 Å². The standard InChI is InChI=1S/C12H17F3O/c1-3-4-5-9-6-7-10(11(13)8-9)12(14,15)16-2/h3,9H,1,4-8H2,2H3. The summed E-state index contributed by atoms with van der Waals surface area (Å²) in [5.74, 6) is -0.554. The van der Waals surface area contributed by atoms with Crippen LogP contribution in [0.1, 0.15) is 32.1 Å². The van der Waals surface area contributed by atoms with Gasteiger partial charge in [-0.1, -0.05) is 6.08 Å². The summed E-state index contributed by atoms with van der Waals surface area (Å²) in [6, 6.07) is 0. The van der Waals surface area contributed by atoms with E-state index in [9.17, 15) is 13.2 Å². The van der Waals surface area contributed by atoms with Gasteiger partial charge in [-0.3, -0.25) is 0 Å². The van der Waals surface area contributed by atoms with E-state index in [1.54, 1.807) is 6.08 Å². The summed E-state index contributed by atoms with van der Waals surface area (Å²) in [5.41, 5.74) is -0.482. The molecule has 1 atom stereocenters. The summed E-state index contributed by atoms with van der Waals surface area (Å²) < 4.78 is 43.8. The maximum absolute atomic E-state index is 13.5. The van der Waals surface area contributed by atoms with Crippen LogP contribution in [0.2, 0.25) is 0 Å². The van der Waals surface area contributed by atoms with Crippen LogP contribution in [0.3, 0.4) is 0 Å². The zero-order chi connectivity index (χ0) is 12.2. The highest BCUT2D eigenvalue weighted by Crippen LogP contribution is 2.40. The van der Waals surface area contributed by atoms with Crippen LogP contribution in [0.4, 0.5) is 13.2 Å². The number of hydrogen-bond donors (Lipinski definition) is 0. The Hall–Kier alpha value is -0.770. The van der Waals surface area contributed by atoms with Gasteiger partial charge in [-0.15, -0.1) is 6.58 Å². The number of alkyl halides is 2. The minimum absolute atomic E-state index is 0.0779. The third kappa shape index (κ3) is 3.11. The molecule has 1 unspecified atom stereocenters. The molecule has 16 heavy (non-hydrogen) atoms. The maximum Gasteiger partial charge on any atom is 0.381 e. The number of ether oxygens (including phenoxy) is 1. The van der Waals surface area contributed by atoms with Crippen molar-refractivity contribution < 1.29 is 17.9 Å².